The Balaban J connectivity index is 2.43. The minimum absolute atomic E-state index is 0.0945. The van der Waals surface area contributed by atoms with Gasteiger partial charge < -0.3 is 10.2 Å². The average Bonchev–Trinajstić information content (AvgIpc) is 2.32. The molecule has 1 unspecified atom stereocenters. The van der Waals surface area contributed by atoms with Crippen molar-refractivity contribution < 1.29 is 4.39 Å². The van der Waals surface area contributed by atoms with Gasteiger partial charge in [0.05, 0.1) is 0 Å². The van der Waals surface area contributed by atoms with Crippen LogP contribution in [0.15, 0.2) is 24.3 Å². The molecule has 0 heterocycles. The molecule has 1 rings (SSSR count). The lowest BCUT2D eigenvalue weighted by Gasteiger charge is -2.24. The molecule has 1 aromatic rings. The molecule has 0 saturated carbocycles. The molecule has 0 aromatic heterocycles. The summed E-state index contributed by atoms with van der Waals surface area (Å²) in [6.45, 7) is 4.21. The van der Waals surface area contributed by atoms with E-state index in [1.54, 1.807) is 6.07 Å². The highest BCUT2D eigenvalue weighted by atomic mass is 19.1. The third-order valence-corrected chi connectivity index (χ3v) is 3.16. The average molecular weight is 238 g/mol. The van der Waals surface area contributed by atoms with E-state index in [1.807, 2.05) is 19.2 Å². The molecule has 3 heteroatoms. The Bertz CT molecular complexity index is 328. The molecule has 0 aliphatic rings. The van der Waals surface area contributed by atoms with Crippen molar-refractivity contribution in [2.75, 3.05) is 27.2 Å². The molecule has 0 saturated heterocycles. The van der Waals surface area contributed by atoms with Crippen LogP contribution in [0.3, 0.4) is 0 Å². The summed E-state index contributed by atoms with van der Waals surface area (Å²) in [6, 6.07) is 7.39. The molecule has 0 fully saturated rings. The van der Waals surface area contributed by atoms with E-state index >= 15 is 0 Å². The number of nitrogens with zero attached hydrogens (tertiary/aromatic N) is 1. The fraction of sp³-hybridized carbons (Fsp3) is 0.571. The van der Waals surface area contributed by atoms with Crippen molar-refractivity contribution in [1.82, 2.24) is 10.2 Å². The second-order valence-corrected chi connectivity index (χ2v) is 4.58. The van der Waals surface area contributed by atoms with Gasteiger partial charge in [0, 0.05) is 6.04 Å². The summed E-state index contributed by atoms with van der Waals surface area (Å²) < 4.78 is 13.5. The first-order valence-corrected chi connectivity index (χ1v) is 6.23. The molecule has 0 aliphatic carbocycles. The zero-order valence-electron chi connectivity index (χ0n) is 11.0. The zero-order valence-corrected chi connectivity index (χ0v) is 11.0. The smallest absolute Gasteiger partial charge is 0.126 e. The van der Waals surface area contributed by atoms with Gasteiger partial charge in [-0.1, -0.05) is 18.2 Å². The van der Waals surface area contributed by atoms with Crippen LogP contribution in [0.2, 0.25) is 0 Å². The third-order valence-electron chi connectivity index (χ3n) is 3.16. The number of hydrogen-bond acceptors (Lipinski definition) is 2. The second-order valence-electron chi connectivity index (χ2n) is 4.58. The molecule has 0 amide bonds. The minimum atomic E-state index is -0.0945. The Morgan fingerprint density at radius 3 is 2.71 bits per heavy atom. The summed E-state index contributed by atoms with van der Waals surface area (Å²) in [5.41, 5.74) is 0.806. The van der Waals surface area contributed by atoms with Crippen molar-refractivity contribution in [2.45, 2.75) is 25.8 Å². The number of benzene rings is 1. The van der Waals surface area contributed by atoms with E-state index < -0.39 is 0 Å². The second kappa shape index (κ2) is 7.41. The largest absolute Gasteiger partial charge is 0.320 e. The highest BCUT2D eigenvalue weighted by molar-refractivity contribution is 5.18. The van der Waals surface area contributed by atoms with Crippen molar-refractivity contribution in [3.05, 3.63) is 35.6 Å². The summed E-state index contributed by atoms with van der Waals surface area (Å²) in [7, 11) is 4.06. The fourth-order valence-electron chi connectivity index (χ4n) is 1.86. The summed E-state index contributed by atoms with van der Waals surface area (Å²) >= 11 is 0. The lowest BCUT2D eigenvalue weighted by atomic mass is 10.1. The van der Waals surface area contributed by atoms with Crippen molar-refractivity contribution in [3.63, 3.8) is 0 Å². The van der Waals surface area contributed by atoms with E-state index in [0.717, 1.165) is 31.5 Å². The highest BCUT2D eigenvalue weighted by Crippen LogP contribution is 2.11. The van der Waals surface area contributed by atoms with E-state index in [2.05, 4.69) is 24.2 Å². The molecule has 1 atom stereocenters. The molecule has 0 aliphatic heterocycles. The number of likely N-dealkylation sites (N-methyl/N-ethyl adjacent to an activating group) is 1. The van der Waals surface area contributed by atoms with Gasteiger partial charge in [-0.05, 0) is 58.6 Å². The van der Waals surface area contributed by atoms with Crippen LogP contribution in [-0.4, -0.2) is 38.1 Å². The van der Waals surface area contributed by atoms with Crippen molar-refractivity contribution in [3.8, 4) is 0 Å². The van der Waals surface area contributed by atoms with Crippen LogP contribution in [0.5, 0.6) is 0 Å². The van der Waals surface area contributed by atoms with Crippen LogP contribution in [0.4, 0.5) is 4.39 Å². The topological polar surface area (TPSA) is 15.3 Å². The Morgan fingerprint density at radius 2 is 2.06 bits per heavy atom. The molecule has 1 N–H and O–H groups in total. The van der Waals surface area contributed by atoms with Gasteiger partial charge in [-0.25, -0.2) is 4.39 Å². The summed E-state index contributed by atoms with van der Waals surface area (Å²) in [6.07, 6.45) is 1.89. The van der Waals surface area contributed by atoms with Crippen LogP contribution in [0, 0.1) is 5.82 Å². The Kier molecular flexibility index (Phi) is 6.16. The first kappa shape index (κ1) is 14.1. The molecule has 0 bridgehead atoms. The normalized spacial score (nSPS) is 13.0. The van der Waals surface area contributed by atoms with Gasteiger partial charge in [-0.15, -0.1) is 0 Å². The van der Waals surface area contributed by atoms with Crippen LogP contribution >= 0.6 is 0 Å². The van der Waals surface area contributed by atoms with Crippen LogP contribution in [0.25, 0.3) is 0 Å². The van der Waals surface area contributed by atoms with Crippen LogP contribution in [0.1, 0.15) is 18.9 Å². The van der Waals surface area contributed by atoms with E-state index in [0.29, 0.717) is 6.04 Å². The first-order valence-electron chi connectivity index (χ1n) is 6.23. The minimum Gasteiger partial charge on any atom is -0.320 e. The Labute approximate surface area is 104 Å². The lowest BCUT2D eigenvalue weighted by molar-refractivity contribution is 0.251. The standard InChI is InChI=1S/C14H23FN2/c1-12(17(3)10-6-9-16-2)11-13-7-4-5-8-14(13)15/h4-5,7-8,12,16H,6,9-11H2,1-3H3. The maximum atomic E-state index is 13.5. The van der Waals surface area contributed by atoms with Crippen LogP contribution < -0.4 is 5.32 Å². The van der Waals surface area contributed by atoms with E-state index in [-0.39, 0.29) is 5.82 Å². The van der Waals surface area contributed by atoms with Gasteiger partial charge in [0.15, 0.2) is 0 Å². The molecule has 2 nitrogen and oxygen atoms in total. The van der Waals surface area contributed by atoms with E-state index in [9.17, 15) is 4.39 Å². The Morgan fingerprint density at radius 1 is 1.35 bits per heavy atom. The summed E-state index contributed by atoms with van der Waals surface area (Å²) in [5.74, 6) is -0.0945. The third kappa shape index (κ3) is 4.84. The van der Waals surface area contributed by atoms with Gasteiger partial charge in [0.25, 0.3) is 0 Å². The molecule has 1 aromatic carbocycles. The van der Waals surface area contributed by atoms with Gasteiger partial charge in [-0.2, -0.15) is 0 Å². The monoisotopic (exact) mass is 238 g/mol. The maximum absolute atomic E-state index is 13.5. The van der Waals surface area contributed by atoms with Crippen molar-refractivity contribution >= 4 is 0 Å². The van der Waals surface area contributed by atoms with E-state index in [1.165, 1.54) is 6.07 Å². The van der Waals surface area contributed by atoms with Gasteiger partial charge >= 0.3 is 0 Å². The molecule has 17 heavy (non-hydrogen) atoms. The zero-order chi connectivity index (χ0) is 12.7. The number of nitrogens with one attached hydrogen (secondary N) is 1. The van der Waals surface area contributed by atoms with Crippen LogP contribution in [-0.2, 0) is 6.42 Å². The molecule has 0 spiro atoms. The molecule has 0 radical (unpaired) electrons. The fourth-order valence-corrected chi connectivity index (χ4v) is 1.86. The first-order chi connectivity index (χ1) is 8.15. The predicted molar refractivity (Wildman–Crippen MR) is 70.7 cm³/mol. The maximum Gasteiger partial charge on any atom is 0.126 e. The van der Waals surface area contributed by atoms with Gasteiger partial charge in [0.2, 0.25) is 0 Å². The number of halogens is 1. The lowest BCUT2D eigenvalue weighted by Crippen LogP contribution is -2.33. The summed E-state index contributed by atoms with van der Waals surface area (Å²) in [4.78, 5) is 2.28. The predicted octanol–water partition coefficient (Wildman–Crippen LogP) is 2.30. The number of rotatable bonds is 7. The molecule has 96 valence electrons. The highest BCUT2D eigenvalue weighted by Gasteiger charge is 2.11. The van der Waals surface area contributed by atoms with Crippen molar-refractivity contribution in [1.29, 1.82) is 0 Å². The van der Waals surface area contributed by atoms with E-state index in [4.69, 9.17) is 0 Å². The molecular formula is C14H23FN2. The van der Waals surface area contributed by atoms with Crippen molar-refractivity contribution in [2.24, 2.45) is 0 Å². The number of hydrogen-bond donors (Lipinski definition) is 1. The van der Waals surface area contributed by atoms with Gasteiger partial charge in [-0.3, -0.25) is 0 Å². The quantitative estimate of drug-likeness (QED) is 0.733. The Hall–Kier alpha value is -0.930. The molecular weight excluding hydrogens is 215 g/mol. The van der Waals surface area contributed by atoms with Gasteiger partial charge in [0.1, 0.15) is 5.82 Å². The SMILES string of the molecule is CNCCCN(C)C(C)Cc1ccccc1F. The summed E-state index contributed by atoms with van der Waals surface area (Å²) in [5, 5.41) is 3.13.